The lowest BCUT2D eigenvalue weighted by Crippen LogP contribution is -2.01. The number of hydrogen-bond donors (Lipinski definition) is 2. The lowest BCUT2D eigenvalue weighted by Gasteiger charge is -2.01. The van der Waals surface area contributed by atoms with Crippen molar-refractivity contribution in [3.8, 4) is 0 Å². The number of carbonyl (C=O) groups is 2. The van der Waals surface area contributed by atoms with Gasteiger partial charge < -0.3 is 10.2 Å². The average molecular weight is 304 g/mol. The first-order chi connectivity index (χ1) is 9.99. The van der Waals surface area contributed by atoms with Crippen LogP contribution in [0.4, 0.5) is 5.69 Å². The summed E-state index contributed by atoms with van der Waals surface area (Å²) in [5.41, 5.74) is 0.861. The third kappa shape index (κ3) is 3.46. The second-order valence-corrected chi connectivity index (χ2v) is 4.53. The van der Waals surface area contributed by atoms with E-state index in [-0.39, 0.29) is 16.1 Å². The van der Waals surface area contributed by atoms with E-state index in [0.29, 0.717) is 11.3 Å². The molecule has 0 aliphatic rings. The smallest absolute Gasteiger partial charge is 0.337 e. The summed E-state index contributed by atoms with van der Waals surface area (Å²) in [6, 6.07) is 10.7. The normalized spacial score (nSPS) is 10.7. The number of carboxylic acid groups (broad SMARTS) is 2. The van der Waals surface area contributed by atoms with Crippen LogP contribution in [0.3, 0.4) is 0 Å². The minimum absolute atomic E-state index is 0.0576. The number of rotatable bonds is 4. The summed E-state index contributed by atoms with van der Waals surface area (Å²) >= 11 is 5.76. The van der Waals surface area contributed by atoms with Gasteiger partial charge in [-0.2, -0.15) is 0 Å². The quantitative estimate of drug-likeness (QED) is 0.846. The van der Waals surface area contributed by atoms with Crippen molar-refractivity contribution in [2.75, 3.05) is 0 Å². The Morgan fingerprint density at radius 3 is 2.33 bits per heavy atom. The monoisotopic (exact) mass is 303 g/mol. The van der Waals surface area contributed by atoms with Crippen LogP contribution < -0.4 is 0 Å². The Labute approximate surface area is 125 Å². The van der Waals surface area contributed by atoms with Crippen LogP contribution in [-0.2, 0) is 0 Å². The first-order valence-corrected chi connectivity index (χ1v) is 6.26. The predicted octanol–water partition coefficient (Wildman–Crippen LogP) is 3.49. The van der Waals surface area contributed by atoms with Crippen LogP contribution in [0, 0.1) is 0 Å². The highest BCUT2D eigenvalue weighted by molar-refractivity contribution is 6.33. The molecule has 5 nitrogen and oxygen atoms in total. The van der Waals surface area contributed by atoms with Crippen LogP contribution in [0.2, 0.25) is 5.02 Å². The third-order valence-corrected chi connectivity index (χ3v) is 3.05. The molecule has 0 amide bonds. The molecule has 2 aromatic carbocycles. The molecule has 0 radical (unpaired) electrons. The molecule has 0 unspecified atom stereocenters. The van der Waals surface area contributed by atoms with Crippen LogP contribution in [0.1, 0.15) is 26.3 Å². The molecule has 0 aliphatic carbocycles. The molecule has 106 valence electrons. The van der Waals surface area contributed by atoms with Gasteiger partial charge in [-0.15, -0.1) is 0 Å². The lowest BCUT2D eigenvalue weighted by molar-refractivity contribution is 0.0686. The zero-order valence-electron chi connectivity index (χ0n) is 10.7. The molecule has 2 aromatic rings. The second-order valence-electron chi connectivity index (χ2n) is 4.12. The van der Waals surface area contributed by atoms with Crippen molar-refractivity contribution in [1.82, 2.24) is 0 Å². The van der Waals surface area contributed by atoms with Crippen LogP contribution >= 0.6 is 11.6 Å². The Bertz CT molecular complexity index is 740. The van der Waals surface area contributed by atoms with E-state index < -0.39 is 11.9 Å². The van der Waals surface area contributed by atoms with Gasteiger partial charge in [0.15, 0.2) is 0 Å². The van der Waals surface area contributed by atoms with Gasteiger partial charge in [0.25, 0.3) is 0 Å². The largest absolute Gasteiger partial charge is 0.478 e. The topological polar surface area (TPSA) is 87.0 Å². The minimum atomic E-state index is -1.15. The van der Waals surface area contributed by atoms with Crippen LogP contribution in [0.25, 0.3) is 0 Å². The van der Waals surface area contributed by atoms with E-state index in [9.17, 15) is 9.59 Å². The predicted molar refractivity (Wildman–Crippen MR) is 79.1 cm³/mol. The third-order valence-electron chi connectivity index (χ3n) is 2.72. The second kappa shape index (κ2) is 6.19. The summed E-state index contributed by atoms with van der Waals surface area (Å²) < 4.78 is 0. The van der Waals surface area contributed by atoms with Crippen molar-refractivity contribution < 1.29 is 19.8 Å². The molecule has 2 N–H and O–H groups in total. The van der Waals surface area contributed by atoms with Crippen molar-refractivity contribution in [3.63, 3.8) is 0 Å². The Hall–Kier alpha value is -2.66. The number of nitrogens with zero attached hydrogens (tertiary/aromatic N) is 1. The van der Waals surface area contributed by atoms with Gasteiger partial charge in [0.05, 0.1) is 21.8 Å². The van der Waals surface area contributed by atoms with E-state index in [1.54, 1.807) is 24.3 Å². The highest BCUT2D eigenvalue weighted by Gasteiger charge is 2.09. The van der Waals surface area contributed by atoms with Gasteiger partial charge in [-0.25, -0.2) is 9.59 Å². The SMILES string of the molecule is O=C(O)c1cc(N=Cc2ccccc2C(=O)O)ccc1Cl. The fourth-order valence-electron chi connectivity index (χ4n) is 1.71. The molecule has 21 heavy (non-hydrogen) atoms. The van der Waals surface area contributed by atoms with Gasteiger partial charge in [-0.05, 0) is 24.3 Å². The van der Waals surface area contributed by atoms with E-state index in [2.05, 4.69) is 4.99 Å². The zero-order valence-corrected chi connectivity index (χ0v) is 11.4. The molecular weight excluding hydrogens is 294 g/mol. The zero-order chi connectivity index (χ0) is 15.4. The van der Waals surface area contributed by atoms with Crippen LogP contribution in [-0.4, -0.2) is 28.4 Å². The van der Waals surface area contributed by atoms with Gasteiger partial charge in [0, 0.05) is 11.8 Å². The Balaban J connectivity index is 2.36. The Morgan fingerprint density at radius 2 is 1.67 bits per heavy atom. The first kappa shape index (κ1) is 14.7. The summed E-state index contributed by atoms with van der Waals surface area (Å²) in [6.45, 7) is 0. The van der Waals surface area contributed by atoms with Gasteiger partial charge in [-0.1, -0.05) is 29.8 Å². The van der Waals surface area contributed by atoms with Crippen LogP contribution in [0.5, 0.6) is 0 Å². The van der Waals surface area contributed by atoms with E-state index in [4.69, 9.17) is 21.8 Å². The van der Waals surface area contributed by atoms with Gasteiger partial charge in [-0.3, -0.25) is 4.99 Å². The highest BCUT2D eigenvalue weighted by Crippen LogP contribution is 2.22. The number of aromatic carboxylic acids is 2. The molecule has 6 heteroatoms. The molecule has 0 heterocycles. The maximum absolute atomic E-state index is 11.1. The van der Waals surface area contributed by atoms with Crippen molar-refractivity contribution in [2.45, 2.75) is 0 Å². The summed E-state index contributed by atoms with van der Waals surface area (Å²) in [5, 5.41) is 18.2. The standard InChI is InChI=1S/C15H10ClNO4/c16-13-6-5-10(7-12(13)15(20)21)17-8-9-3-1-2-4-11(9)14(18)19/h1-8H,(H,18,19)(H,20,21). The van der Waals surface area contributed by atoms with Gasteiger partial charge in [0.1, 0.15) is 0 Å². The maximum Gasteiger partial charge on any atom is 0.337 e. The molecule has 0 aliphatic heterocycles. The van der Waals surface area contributed by atoms with Gasteiger partial charge >= 0.3 is 11.9 Å². The minimum Gasteiger partial charge on any atom is -0.478 e. The summed E-state index contributed by atoms with van der Waals surface area (Å²) in [7, 11) is 0. The lowest BCUT2D eigenvalue weighted by atomic mass is 10.1. The molecule has 2 rings (SSSR count). The summed E-state index contributed by atoms with van der Waals surface area (Å²) in [4.78, 5) is 26.1. The fourth-order valence-corrected chi connectivity index (χ4v) is 1.90. The van der Waals surface area contributed by atoms with E-state index in [1.807, 2.05) is 0 Å². The van der Waals surface area contributed by atoms with Crippen molar-refractivity contribution in [2.24, 2.45) is 4.99 Å². The molecule has 0 aromatic heterocycles. The number of halogens is 1. The van der Waals surface area contributed by atoms with Gasteiger partial charge in [0.2, 0.25) is 0 Å². The average Bonchev–Trinajstić information content (AvgIpc) is 2.46. The number of hydrogen-bond acceptors (Lipinski definition) is 3. The Kier molecular flexibility index (Phi) is 4.35. The van der Waals surface area contributed by atoms with E-state index >= 15 is 0 Å². The molecule has 0 atom stereocenters. The van der Waals surface area contributed by atoms with Crippen molar-refractivity contribution in [1.29, 1.82) is 0 Å². The maximum atomic E-state index is 11.1. The molecule has 0 saturated carbocycles. The first-order valence-electron chi connectivity index (χ1n) is 5.88. The molecule has 0 fully saturated rings. The van der Waals surface area contributed by atoms with E-state index in [1.165, 1.54) is 24.4 Å². The number of aliphatic imine (C=N–C) groups is 1. The molecular formula is C15H10ClNO4. The Morgan fingerprint density at radius 1 is 1.00 bits per heavy atom. The summed E-state index contributed by atoms with van der Waals surface area (Å²) in [6.07, 6.45) is 1.37. The number of carboxylic acids is 2. The van der Waals surface area contributed by atoms with Crippen molar-refractivity contribution in [3.05, 3.63) is 64.2 Å². The summed E-state index contributed by atoms with van der Waals surface area (Å²) in [5.74, 6) is -2.21. The fraction of sp³-hybridized carbons (Fsp3) is 0. The highest BCUT2D eigenvalue weighted by atomic mass is 35.5. The van der Waals surface area contributed by atoms with Crippen LogP contribution in [0.15, 0.2) is 47.5 Å². The van der Waals surface area contributed by atoms with E-state index in [0.717, 1.165) is 0 Å². The molecule has 0 saturated heterocycles. The molecule has 0 bridgehead atoms. The van der Waals surface area contributed by atoms with Crippen molar-refractivity contribution >= 4 is 35.4 Å². The molecule has 0 spiro atoms. The number of benzene rings is 2.